The number of nitrogens with one attached hydrogen (secondary N) is 1. The summed E-state index contributed by atoms with van der Waals surface area (Å²) in [7, 11) is 0. The number of hydrogen-bond acceptors (Lipinski definition) is 4. The third-order valence-corrected chi connectivity index (χ3v) is 3.68. The third-order valence-electron chi connectivity index (χ3n) is 3.45. The van der Waals surface area contributed by atoms with Gasteiger partial charge in [-0.3, -0.25) is 14.9 Å². The van der Waals surface area contributed by atoms with Crippen LogP contribution in [0.4, 0.5) is 5.69 Å². The number of amides is 1. The zero-order valence-electron chi connectivity index (χ0n) is 10.7. The minimum atomic E-state index is -0.622. The molecule has 6 nitrogen and oxygen atoms in total. The highest BCUT2D eigenvalue weighted by Gasteiger charge is 2.27. The van der Waals surface area contributed by atoms with E-state index in [9.17, 15) is 20.0 Å². The summed E-state index contributed by atoms with van der Waals surface area (Å²) in [5.41, 5.74) is -0.377. The molecular formula is C13H15ClN2O4. The Morgan fingerprint density at radius 3 is 2.75 bits per heavy atom. The van der Waals surface area contributed by atoms with Gasteiger partial charge in [0.05, 0.1) is 17.1 Å². The molecule has 1 saturated carbocycles. The van der Waals surface area contributed by atoms with Gasteiger partial charge in [0.15, 0.2) is 0 Å². The van der Waals surface area contributed by atoms with Crippen molar-refractivity contribution >= 4 is 23.2 Å². The molecule has 1 aromatic rings. The van der Waals surface area contributed by atoms with Crippen molar-refractivity contribution in [1.82, 2.24) is 5.32 Å². The molecule has 1 aromatic carbocycles. The minimum absolute atomic E-state index is 0.0831. The summed E-state index contributed by atoms with van der Waals surface area (Å²) >= 11 is 5.79. The van der Waals surface area contributed by atoms with Crippen LogP contribution in [0.5, 0.6) is 0 Å². The summed E-state index contributed by atoms with van der Waals surface area (Å²) in [4.78, 5) is 22.5. The van der Waals surface area contributed by atoms with Gasteiger partial charge in [0, 0.05) is 11.1 Å². The van der Waals surface area contributed by atoms with E-state index in [1.54, 1.807) is 0 Å². The van der Waals surface area contributed by atoms with E-state index in [-0.39, 0.29) is 22.3 Å². The minimum Gasteiger partial charge on any atom is -0.391 e. The van der Waals surface area contributed by atoms with Gasteiger partial charge in [-0.25, -0.2) is 0 Å². The van der Waals surface area contributed by atoms with E-state index >= 15 is 0 Å². The molecule has 1 aliphatic carbocycles. The van der Waals surface area contributed by atoms with Gasteiger partial charge in [0.25, 0.3) is 11.6 Å². The van der Waals surface area contributed by atoms with Crippen LogP contribution in [0.3, 0.4) is 0 Å². The highest BCUT2D eigenvalue weighted by molar-refractivity contribution is 6.31. The number of halogens is 1. The fourth-order valence-electron chi connectivity index (χ4n) is 2.38. The van der Waals surface area contributed by atoms with Crippen molar-refractivity contribution in [3.8, 4) is 0 Å². The molecule has 0 spiro atoms. The van der Waals surface area contributed by atoms with Crippen molar-refractivity contribution in [3.63, 3.8) is 0 Å². The molecule has 0 aromatic heterocycles. The Balaban J connectivity index is 2.20. The van der Waals surface area contributed by atoms with Crippen molar-refractivity contribution in [2.75, 3.05) is 0 Å². The van der Waals surface area contributed by atoms with Crippen LogP contribution >= 0.6 is 11.6 Å². The van der Waals surface area contributed by atoms with Gasteiger partial charge < -0.3 is 10.4 Å². The number of benzene rings is 1. The molecule has 0 unspecified atom stereocenters. The van der Waals surface area contributed by atoms with Crippen molar-refractivity contribution in [2.24, 2.45) is 0 Å². The smallest absolute Gasteiger partial charge is 0.282 e. The molecular weight excluding hydrogens is 284 g/mol. The summed E-state index contributed by atoms with van der Waals surface area (Å²) in [6.45, 7) is 0. The van der Waals surface area contributed by atoms with E-state index in [4.69, 9.17) is 11.6 Å². The van der Waals surface area contributed by atoms with Crippen molar-refractivity contribution in [3.05, 3.63) is 38.9 Å². The lowest BCUT2D eigenvalue weighted by molar-refractivity contribution is -0.385. The highest BCUT2D eigenvalue weighted by atomic mass is 35.5. The largest absolute Gasteiger partial charge is 0.391 e. The average molecular weight is 299 g/mol. The van der Waals surface area contributed by atoms with Crippen LogP contribution in [-0.2, 0) is 0 Å². The van der Waals surface area contributed by atoms with Crippen LogP contribution in [0, 0.1) is 10.1 Å². The molecule has 20 heavy (non-hydrogen) atoms. The fourth-order valence-corrected chi connectivity index (χ4v) is 2.55. The Bertz CT molecular complexity index is 535. The van der Waals surface area contributed by atoms with Crippen molar-refractivity contribution in [2.45, 2.75) is 37.8 Å². The maximum absolute atomic E-state index is 12.2. The number of nitrogens with zero attached hydrogens (tertiary/aromatic N) is 1. The number of rotatable bonds is 3. The lowest BCUT2D eigenvalue weighted by atomic mass is 9.92. The van der Waals surface area contributed by atoms with Crippen LogP contribution in [0.15, 0.2) is 18.2 Å². The van der Waals surface area contributed by atoms with Crippen LogP contribution in [0.2, 0.25) is 5.02 Å². The summed E-state index contributed by atoms with van der Waals surface area (Å²) in [6.07, 6.45) is 2.53. The van der Waals surface area contributed by atoms with Gasteiger partial charge in [-0.05, 0) is 25.0 Å². The van der Waals surface area contributed by atoms with Crippen LogP contribution < -0.4 is 5.32 Å². The number of aliphatic hydroxyl groups excluding tert-OH is 1. The second-order valence-electron chi connectivity index (χ2n) is 4.85. The SMILES string of the molecule is O=C(N[C@@H]1CCCC[C@H]1O)c1cc(Cl)ccc1[N+](=O)[O-]. The van der Waals surface area contributed by atoms with Gasteiger partial charge in [-0.2, -0.15) is 0 Å². The number of nitro groups is 1. The second kappa shape index (κ2) is 6.19. The summed E-state index contributed by atoms with van der Waals surface area (Å²) in [5.74, 6) is -0.579. The van der Waals surface area contributed by atoms with Crippen molar-refractivity contribution < 1.29 is 14.8 Å². The van der Waals surface area contributed by atoms with Gasteiger partial charge in [-0.1, -0.05) is 24.4 Å². The predicted molar refractivity (Wildman–Crippen MR) is 73.8 cm³/mol. The monoisotopic (exact) mass is 298 g/mol. The second-order valence-corrected chi connectivity index (χ2v) is 5.29. The molecule has 0 saturated heterocycles. The van der Waals surface area contributed by atoms with E-state index in [0.717, 1.165) is 12.8 Å². The predicted octanol–water partition coefficient (Wildman–Crippen LogP) is 2.28. The molecule has 108 valence electrons. The zero-order valence-corrected chi connectivity index (χ0v) is 11.5. The molecule has 2 atom stereocenters. The van der Waals surface area contributed by atoms with E-state index in [1.165, 1.54) is 18.2 Å². The molecule has 2 rings (SSSR count). The number of aliphatic hydroxyl groups is 1. The lowest BCUT2D eigenvalue weighted by Crippen LogP contribution is -2.45. The number of carbonyl (C=O) groups is 1. The summed E-state index contributed by atoms with van der Waals surface area (Å²) < 4.78 is 0. The van der Waals surface area contributed by atoms with Crippen LogP contribution in [0.25, 0.3) is 0 Å². The standard InChI is InChI=1S/C13H15ClN2O4/c14-8-5-6-11(16(19)20)9(7-8)13(18)15-10-3-1-2-4-12(10)17/h5-7,10,12,17H,1-4H2,(H,15,18)/t10-,12-/m1/s1. The quantitative estimate of drug-likeness (QED) is 0.661. The first-order chi connectivity index (χ1) is 9.49. The molecule has 2 N–H and O–H groups in total. The molecule has 0 heterocycles. The van der Waals surface area contributed by atoms with E-state index in [0.29, 0.717) is 12.8 Å². The molecule has 1 aliphatic rings. The normalized spacial score (nSPS) is 22.3. The molecule has 7 heteroatoms. The van der Waals surface area contributed by atoms with Gasteiger partial charge in [-0.15, -0.1) is 0 Å². The van der Waals surface area contributed by atoms with Crippen LogP contribution in [-0.4, -0.2) is 28.1 Å². The molecule has 0 bridgehead atoms. The Kier molecular flexibility index (Phi) is 4.57. The Hall–Kier alpha value is -1.66. The first-order valence-corrected chi connectivity index (χ1v) is 6.79. The highest BCUT2D eigenvalue weighted by Crippen LogP contribution is 2.24. The third kappa shape index (κ3) is 3.26. The molecule has 0 radical (unpaired) electrons. The molecule has 0 aliphatic heterocycles. The molecule has 1 fully saturated rings. The van der Waals surface area contributed by atoms with Gasteiger partial charge >= 0.3 is 0 Å². The number of nitro benzene ring substituents is 1. The Morgan fingerprint density at radius 1 is 1.40 bits per heavy atom. The number of carbonyl (C=O) groups excluding carboxylic acids is 1. The Morgan fingerprint density at radius 2 is 2.10 bits per heavy atom. The topological polar surface area (TPSA) is 92.5 Å². The summed E-state index contributed by atoms with van der Waals surface area (Å²) in [6, 6.07) is 3.47. The summed E-state index contributed by atoms with van der Waals surface area (Å²) in [5, 5.41) is 23.7. The zero-order chi connectivity index (χ0) is 14.7. The maximum atomic E-state index is 12.2. The maximum Gasteiger partial charge on any atom is 0.282 e. The first kappa shape index (κ1) is 14.7. The van der Waals surface area contributed by atoms with Gasteiger partial charge in [0.2, 0.25) is 0 Å². The lowest BCUT2D eigenvalue weighted by Gasteiger charge is -2.28. The van der Waals surface area contributed by atoms with Crippen molar-refractivity contribution in [1.29, 1.82) is 0 Å². The van der Waals surface area contributed by atoms with Gasteiger partial charge in [0.1, 0.15) is 5.56 Å². The average Bonchev–Trinajstić information content (AvgIpc) is 2.40. The first-order valence-electron chi connectivity index (χ1n) is 6.42. The molecule has 1 amide bonds. The number of hydrogen-bond donors (Lipinski definition) is 2. The van der Waals surface area contributed by atoms with Crippen LogP contribution in [0.1, 0.15) is 36.0 Å². The van der Waals surface area contributed by atoms with E-state index < -0.39 is 16.9 Å². The van der Waals surface area contributed by atoms with E-state index in [1.807, 2.05) is 0 Å². The Labute approximate surface area is 120 Å². The fraction of sp³-hybridized carbons (Fsp3) is 0.462. The van der Waals surface area contributed by atoms with E-state index in [2.05, 4.69) is 5.32 Å².